The van der Waals surface area contributed by atoms with Gasteiger partial charge in [-0.25, -0.2) is 18.2 Å². The monoisotopic (exact) mass is 302 g/mol. The summed E-state index contributed by atoms with van der Waals surface area (Å²) < 4.78 is 24.7. The van der Waals surface area contributed by atoms with Crippen LogP contribution in [0.3, 0.4) is 0 Å². The van der Waals surface area contributed by atoms with Gasteiger partial charge in [-0.3, -0.25) is 0 Å². The van der Waals surface area contributed by atoms with Gasteiger partial charge in [0.05, 0.1) is 16.2 Å². The topological polar surface area (TPSA) is 108 Å². The van der Waals surface area contributed by atoms with Gasteiger partial charge < -0.3 is 5.11 Å². The number of carboxylic acids is 1. The number of aromatic nitrogens is 1. The SMILES string of the molecule is N#Cc1cc(CS(=O)(=O)c2ccccc2C(=O)O)ccn1. The molecular formula is C14H10N2O4S. The maximum atomic E-state index is 12.4. The maximum absolute atomic E-state index is 12.4. The molecule has 0 bridgehead atoms. The lowest BCUT2D eigenvalue weighted by molar-refractivity contribution is 0.0692. The molecule has 7 heteroatoms. The number of aromatic carboxylic acids is 1. The van der Waals surface area contributed by atoms with Gasteiger partial charge in [0.2, 0.25) is 0 Å². The number of carboxylic acid groups (broad SMARTS) is 1. The average Bonchev–Trinajstić information content (AvgIpc) is 2.47. The van der Waals surface area contributed by atoms with Gasteiger partial charge in [0.25, 0.3) is 0 Å². The predicted molar refractivity (Wildman–Crippen MR) is 73.2 cm³/mol. The molecule has 0 radical (unpaired) electrons. The first-order valence-corrected chi connectivity index (χ1v) is 7.49. The van der Waals surface area contributed by atoms with Crippen molar-refractivity contribution in [1.82, 2.24) is 4.98 Å². The molecule has 0 aliphatic heterocycles. The van der Waals surface area contributed by atoms with E-state index in [4.69, 9.17) is 10.4 Å². The van der Waals surface area contributed by atoms with E-state index >= 15 is 0 Å². The van der Waals surface area contributed by atoms with E-state index in [0.717, 1.165) is 0 Å². The molecule has 2 rings (SSSR count). The molecule has 0 saturated heterocycles. The third-order valence-corrected chi connectivity index (χ3v) is 4.49. The molecule has 0 unspecified atom stereocenters. The molecule has 2 aromatic rings. The molecule has 0 aliphatic carbocycles. The van der Waals surface area contributed by atoms with E-state index in [-0.39, 0.29) is 16.2 Å². The summed E-state index contributed by atoms with van der Waals surface area (Å²) in [5.74, 6) is -1.70. The Morgan fingerprint density at radius 2 is 2.00 bits per heavy atom. The number of pyridine rings is 1. The fourth-order valence-electron chi connectivity index (χ4n) is 1.84. The molecule has 0 atom stereocenters. The third-order valence-electron chi connectivity index (χ3n) is 2.75. The Morgan fingerprint density at radius 3 is 2.67 bits per heavy atom. The number of rotatable bonds is 4. The Labute approximate surface area is 121 Å². The lowest BCUT2D eigenvalue weighted by Crippen LogP contribution is -2.11. The van der Waals surface area contributed by atoms with Crippen molar-refractivity contribution in [3.63, 3.8) is 0 Å². The minimum absolute atomic E-state index is 0.106. The fraction of sp³-hybridized carbons (Fsp3) is 0.0714. The van der Waals surface area contributed by atoms with Crippen LogP contribution in [0.15, 0.2) is 47.5 Å². The summed E-state index contributed by atoms with van der Waals surface area (Å²) in [6, 6.07) is 10.1. The quantitative estimate of drug-likeness (QED) is 0.919. The van der Waals surface area contributed by atoms with Gasteiger partial charge in [0.15, 0.2) is 9.84 Å². The van der Waals surface area contributed by atoms with Crippen LogP contribution in [0.25, 0.3) is 0 Å². The first kappa shape index (κ1) is 14.7. The van der Waals surface area contributed by atoms with Crippen LogP contribution in [0.5, 0.6) is 0 Å². The summed E-state index contributed by atoms with van der Waals surface area (Å²) in [7, 11) is -3.83. The van der Waals surface area contributed by atoms with Crippen molar-refractivity contribution in [3.8, 4) is 6.07 Å². The molecule has 1 aromatic heterocycles. The van der Waals surface area contributed by atoms with Crippen LogP contribution in [-0.2, 0) is 15.6 Å². The van der Waals surface area contributed by atoms with Crippen molar-refractivity contribution in [2.75, 3.05) is 0 Å². The van der Waals surface area contributed by atoms with E-state index < -0.39 is 21.6 Å². The van der Waals surface area contributed by atoms with Crippen LogP contribution in [0.1, 0.15) is 21.6 Å². The molecule has 0 spiro atoms. The molecule has 0 saturated carbocycles. The summed E-state index contributed by atoms with van der Waals surface area (Å²) in [5, 5.41) is 17.8. The maximum Gasteiger partial charge on any atom is 0.337 e. The van der Waals surface area contributed by atoms with Crippen molar-refractivity contribution in [2.24, 2.45) is 0 Å². The number of nitrogens with zero attached hydrogens (tertiary/aromatic N) is 2. The number of sulfone groups is 1. The minimum atomic E-state index is -3.83. The summed E-state index contributed by atoms with van der Waals surface area (Å²) in [4.78, 5) is 14.6. The number of benzene rings is 1. The standard InChI is InChI=1S/C14H10N2O4S/c15-8-11-7-10(5-6-16-11)9-21(19,20)13-4-2-1-3-12(13)14(17)18/h1-7H,9H2,(H,17,18). The average molecular weight is 302 g/mol. The molecule has 6 nitrogen and oxygen atoms in total. The fourth-order valence-corrected chi connectivity index (χ4v) is 3.39. The number of carbonyl (C=O) groups is 1. The van der Waals surface area contributed by atoms with Crippen LogP contribution in [0, 0.1) is 11.3 Å². The van der Waals surface area contributed by atoms with Gasteiger partial charge >= 0.3 is 5.97 Å². The molecule has 1 heterocycles. The molecule has 0 fully saturated rings. The zero-order valence-electron chi connectivity index (χ0n) is 10.7. The van der Waals surface area contributed by atoms with Crippen LogP contribution >= 0.6 is 0 Å². The third kappa shape index (κ3) is 3.24. The normalized spacial score (nSPS) is 10.8. The number of nitriles is 1. The highest BCUT2D eigenvalue weighted by Gasteiger charge is 2.22. The van der Waals surface area contributed by atoms with Gasteiger partial charge in [0.1, 0.15) is 11.8 Å². The van der Waals surface area contributed by atoms with E-state index in [2.05, 4.69) is 4.98 Å². The summed E-state index contributed by atoms with van der Waals surface area (Å²) in [6.45, 7) is 0. The second-order valence-corrected chi connectivity index (χ2v) is 6.18. The summed E-state index contributed by atoms with van der Waals surface area (Å²) in [5.41, 5.74) is 0.211. The van der Waals surface area contributed by atoms with Crippen LogP contribution < -0.4 is 0 Å². The first-order valence-electron chi connectivity index (χ1n) is 5.84. The highest BCUT2D eigenvalue weighted by Crippen LogP contribution is 2.20. The van der Waals surface area contributed by atoms with Gasteiger partial charge in [-0.2, -0.15) is 5.26 Å². The van der Waals surface area contributed by atoms with Crippen LogP contribution in [0.2, 0.25) is 0 Å². The van der Waals surface area contributed by atoms with Crippen LogP contribution in [0.4, 0.5) is 0 Å². The predicted octanol–water partition coefficient (Wildman–Crippen LogP) is 1.63. The molecule has 106 valence electrons. The van der Waals surface area contributed by atoms with E-state index in [0.29, 0.717) is 5.56 Å². The molecular weight excluding hydrogens is 292 g/mol. The second-order valence-electron chi connectivity index (χ2n) is 4.22. The zero-order valence-corrected chi connectivity index (χ0v) is 11.5. The number of hydrogen-bond acceptors (Lipinski definition) is 5. The van der Waals surface area contributed by atoms with Crippen molar-refractivity contribution in [2.45, 2.75) is 10.6 Å². The minimum Gasteiger partial charge on any atom is -0.478 e. The summed E-state index contributed by atoms with van der Waals surface area (Å²) in [6.07, 6.45) is 1.34. The number of hydrogen-bond donors (Lipinski definition) is 1. The highest BCUT2D eigenvalue weighted by molar-refractivity contribution is 7.90. The molecule has 1 aromatic carbocycles. The van der Waals surface area contributed by atoms with Crippen molar-refractivity contribution >= 4 is 15.8 Å². The lowest BCUT2D eigenvalue weighted by Gasteiger charge is -2.07. The molecule has 1 N–H and O–H groups in total. The van der Waals surface area contributed by atoms with E-state index in [1.54, 1.807) is 0 Å². The molecule has 0 aliphatic rings. The van der Waals surface area contributed by atoms with E-state index in [1.807, 2.05) is 6.07 Å². The van der Waals surface area contributed by atoms with E-state index in [1.165, 1.54) is 42.6 Å². The van der Waals surface area contributed by atoms with Gasteiger partial charge in [-0.15, -0.1) is 0 Å². The smallest absolute Gasteiger partial charge is 0.337 e. The second kappa shape index (κ2) is 5.73. The Kier molecular flexibility index (Phi) is 4.00. The molecule has 0 amide bonds. The van der Waals surface area contributed by atoms with Gasteiger partial charge in [-0.1, -0.05) is 12.1 Å². The Balaban J connectivity index is 2.44. The largest absolute Gasteiger partial charge is 0.478 e. The van der Waals surface area contributed by atoms with Gasteiger partial charge in [0, 0.05) is 6.20 Å². The van der Waals surface area contributed by atoms with E-state index in [9.17, 15) is 13.2 Å². The Bertz CT molecular complexity index is 838. The van der Waals surface area contributed by atoms with Gasteiger partial charge in [-0.05, 0) is 29.8 Å². The van der Waals surface area contributed by atoms with Crippen molar-refractivity contribution in [1.29, 1.82) is 5.26 Å². The first-order chi connectivity index (χ1) is 9.94. The zero-order chi connectivity index (χ0) is 15.5. The van der Waals surface area contributed by atoms with Crippen molar-refractivity contribution in [3.05, 3.63) is 59.4 Å². The molecule has 21 heavy (non-hydrogen) atoms. The Hall–Kier alpha value is -2.72. The summed E-state index contributed by atoms with van der Waals surface area (Å²) >= 11 is 0. The Morgan fingerprint density at radius 1 is 1.29 bits per heavy atom. The lowest BCUT2D eigenvalue weighted by atomic mass is 10.2. The van der Waals surface area contributed by atoms with Crippen LogP contribution in [-0.4, -0.2) is 24.5 Å². The van der Waals surface area contributed by atoms with Crippen molar-refractivity contribution < 1.29 is 18.3 Å². The highest BCUT2D eigenvalue weighted by atomic mass is 32.2.